The number of methoxy groups -OCH3 is 1. The van der Waals surface area contributed by atoms with Crippen LogP contribution in [-0.4, -0.2) is 7.11 Å². The van der Waals surface area contributed by atoms with E-state index in [0.717, 1.165) is 12.3 Å². The average Bonchev–Trinajstić information content (AvgIpc) is 2.32. The SMILES string of the molecule is COc1cccc(C[n+]2ccccc2C)c1. The second kappa shape index (κ2) is 4.79. The number of aryl methyl sites for hydroxylation is 1. The molecule has 2 rings (SSSR count). The summed E-state index contributed by atoms with van der Waals surface area (Å²) in [6.07, 6.45) is 2.09. The zero-order chi connectivity index (χ0) is 11.4. The fraction of sp³-hybridized carbons (Fsp3) is 0.214. The van der Waals surface area contributed by atoms with Gasteiger partial charge < -0.3 is 4.74 Å². The van der Waals surface area contributed by atoms with Crippen LogP contribution >= 0.6 is 0 Å². The van der Waals surface area contributed by atoms with Gasteiger partial charge in [0.2, 0.25) is 0 Å². The van der Waals surface area contributed by atoms with Crippen molar-refractivity contribution >= 4 is 0 Å². The Morgan fingerprint density at radius 3 is 2.75 bits per heavy atom. The van der Waals surface area contributed by atoms with Crippen molar-refractivity contribution in [1.29, 1.82) is 0 Å². The first-order valence-electron chi connectivity index (χ1n) is 5.37. The number of pyridine rings is 1. The van der Waals surface area contributed by atoms with Gasteiger partial charge in [-0.3, -0.25) is 0 Å². The minimum Gasteiger partial charge on any atom is -0.497 e. The van der Waals surface area contributed by atoms with Crippen molar-refractivity contribution in [1.82, 2.24) is 0 Å². The lowest BCUT2D eigenvalue weighted by Crippen LogP contribution is -2.36. The van der Waals surface area contributed by atoms with Gasteiger partial charge in [-0.25, -0.2) is 0 Å². The lowest BCUT2D eigenvalue weighted by atomic mass is 10.2. The van der Waals surface area contributed by atoms with E-state index < -0.39 is 0 Å². The molecule has 0 radical (unpaired) electrons. The lowest BCUT2D eigenvalue weighted by molar-refractivity contribution is -0.694. The van der Waals surface area contributed by atoms with Crippen LogP contribution in [0.15, 0.2) is 48.7 Å². The number of hydrogen-bond acceptors (Lipinski definition) is 1. The van der Waals surface area contributed by atoms with Crippen LogP contribution in [0.3, 0.4) is 0 Å². The quantitative estimate of drug-likeness (QED) is 0.715. The maximum Gasteiger partial charge on any atom is 0.178 e. The summed E-state index contributed by atoms with van der Waals surface area (Å²) in [7, 11) is 1.69. The Kier molecular flexibility index (Phi) is 3.20. The third-order valence-electron chi connectivity index (χ3n) is 2.65. The summed E-state index contributed by atoms with van der Waals surface area (Å²) in [6, 6.07) is 14.4. The summed E-state index contributed by atoms with van der Waals surface area (Å²) < 4.78 is 7.43. The molecule has 0 bridgehead atoms. The van der Waals surface area contributed by atoms with E-state index in [2.05, 4.69) is 42.0 Å². The smallest absolute Gasteiger partial charge is 0.178 e. The van der Waals surface area contributed by atoms with Crippen molar-refractivity contribution in [3.63, 3.8) is 0 Å². The highest BCUT2D eigenvalue weighted by atomic mass is 16.5. The first-order valence-corrected chi connectivity index (χ1v) is 5.37. The molecule has 0 saturated heterocycles. The summed E-state index contributed by atoms with van der Waals surface area (Å²) >= 11 is 0. The van der Waals surface area contributed by atoms with Crippen molar-refractivity contribution < 1.29 is 9.30 Å². The van der Waals surface area contributed by atoms with Crippen LogP contribution in [0.2, 0.25) is 0 Å². The maximum absolute atomic E-state index is 5.21. The van der Waals surface area contributed by atoms with Gasteiger partial charge in [0.25, 0.3) is 0 Å². The molecule has 1 heterocycles. The molecule has 1 aromatic carbocycles. The predicted molar refractivity (Wildman–Crippen MR) is 63.5 cm³/mol. The second-order valence-corrected chi connectivity index (χ2v) is 3.82. The molecule has 16 heavy (non-hydrogen) atoms. The summed E-state index contributed by atoms with van der Waals surface area (Å²) in [4.78, 5) is 0. The molecule has 0 atom stereocenters. The van der Waals surface area contributed by atoms with Crippen molar-refractivity contribution in [2.24, 2.45) is 0 Å². The van der Waals surface area contributed by atoms with Crippen LogP contribution in [0, 0.1) is 6.92 Å². The number of nitrogens with zero attached hydrogens (tertiary/aromatic N) is 1. The molecular formula is C14H16NO+. The van der Waals surface area contributed by atoms with Gasteiger partial charge in [0.1, 0.15) is 5.75 Å². The minimum absolute atomic E-state index is 0.879. The van der Waals surface area contributed by atoms with E-state index >= 15 is 0 Å². The van der Waals surface area contributed by atoms with Gasteiger partial charge in [0.05, 0.1) is 7.11 Å². The molecule has 82 valence electrons. The van der Waals surface area contributed by atoms with E-state index in [4.69, 9.17) is 4.74 Å². The van der Waals surface area contributed by atoms with Gasteiger partial charge in [-0.05, 0) is 12.1 Å². The van der Waals surface area contributed by atoms with Crippen LogP contribution in [0.25, 0.3) is 0 Å². The standard InChI is InChI=1S/C14H16NO/c1-12-6-3-4-9-15(12)11-13-7-5-8-14(10-13)16-2/h3-10H,11H2,1-2H3/q+1. The Balaban J connectivity index is 2.24. The van der Waals surface area contributed by atoms with E-state index in [0.29, 0.717) is 0 Å². The molecule has 0 aliphatic carbocycles. The Hall–Kier alpha value is -1.83. The van der Waals surface area contributed by atoms with Crippen molar-refractivity contribution in [3.8, 4) is 5.75 Å². The lowest BCUT2D eigenvalue weighted by Gasteiger charge is -2.03. The maximum atomic E-state index is 5.21. The fourth-order valence-corrected chi connectivity index (χ4v) is 1.71. The highest BCUT2D eigenvalue weighted by Crippen LogP contribution is 2.12. The van der Waals surface area contributed by atoms with Crippen LogP contribution < -0.4 is 9.30 Å². The van der Waals surface area contributed by atoms with Gasteiger partial charge in [0.15, 0.2) is 18.4 Å². The van der Waals surface area contributed by atoms with Crippen molar-refractivity contribution in [2.45, 2.75) is 13.5 Å². The predicted octanol–water partition coefficient (Wildman–Crippen LogP) is 2.34. The molecule has 1 aromatic heterocycles. The Morgan fingerprint density at radius 1 is 1.12 bits per heavy atom. The average molecular weight is 214 g/mol. The van der Waals surface area contributed by atoms with Gasteiger partial charge in [-0.15, -0.1) is 0 Å². The first kappa shape index (κ1) is 10.7. The topological polar surface area (TPSA) is 13.1 Å². The van der Waals surface area contributed by atoms with Crippen LogP contribution in [0.1, 0.15) is 11.3 Å². The summed E-state index contributed by atoms with van der Waals surface area (Å²) in [5.74, 6) is 0.909. The molecule has 0 spiro atoms. The van der Waals surface area contributed by atoms with Crippen molar-refractivity contribution in [3.05, 3.63) is 59.9 Å². The molecule has 2 aromatic rings. The number of hydrogen-bond donors (Lipinski definition) is 0. The highest BCUT2D eigenvalue weighted by molar-refractivity contribution is 5.27. The second-order valence-electron chi connectivity index (χ2n) is 3.82. The molecular weight excluding hydrogens is 198 g/mol. The number of benzene rings is 1. The Morgan fingerprint density at radius 2 is 2.00 bits per heavy atom. The molecule has 0 aliphatic heterocycles. The molecule has 0 unspecified atom stereocenters. The van der Waals surface area contributed by atoms with Crippen molar-refractivity contribution in [2.75, 3.05) is 7.11 Å². The Bertz CT molecular complexity index is 480. The summed E-state index contributed by atoms with van der Waals surface area (Å²) in [6.45, 7) is 2.99. The number of ether oxygens (including phenoxy) is 1. The number of rotatable bonds is 3. The Labute approximate surface area is 96.1 Å². The van der Waals surface area contributed by atoms with Gasteiger partial charge >= 0.3 is 0 Å². The van der Waals surface area contributed by atoms with E-state index in [1.54, 1.807) is 7.11 Å². The van der Waals surface area contributed by atoms with Crippen LogP contribution in [0.5, 0.6) is 5.75 Å². The highest BCUT2D eigenvalue weighted by Gasteiger charge is 2.06. The first-order chi connectivity index (χ1) is 7.79. The molecule has 0 amide bonds. The zero-order valence-electron chi connectivity index (χ0n) is 9.68. The van der Waals surface area contributed by atoms with Crippen LogP contribution in [0.4, 0.5) is 0 Å². The molecule has 0 saturated carbocycles. The molecule has 2 nitrogen and oxygen atoms in total. The van der Waals surface area contributed by atoms with E-state index in [1.807, 2.05) is 18.2 Å². The van der Waals surface area contributed by atoms with Gasteiger partial charge in [-0.2, -0.15) is 4.57 Å². The monoisotopic (exact) mass is 214 g/mol. The van der Waals surface area contributed by atoms with Crippen LogP contribution in [-0.2, 0) is 6.54 Å². The molecule has 0 N–H and O–H groups in total. The minimum atomic E-state index is 0.879. The van der Waals surface area contributed by atoms with E-state index in [-0.39, 0.29) is 0 Å². The molecule has 2 heteroatoms. The summed E-state index contributed by atoms with van der Waals surface area (Å²) in [5, 5.41) is 0. The zero-order valence-corrected chi connectivity index (χ0v) is 9.68. The largest absolute Gasteiger partial charge is 0.497 e. The van der Waals surface area contributed by atoms with E-state index in [1.165, 1.54) is 11.3 Å². The molecule has 0 aliphatic rings. The third-order valence-corrected chi connectivity index (χ3v) is 2.65. The number of aromatic nitrogens is 1. The molecule has 0 fully saturated rings. The normalized spacial score (nSPS) is 10.1. The van der Waals surface area contributed by atoms with E-state index in [9.17, 15) is 0 Å². The summed E-state index contributed by atoms with van der Waals surface area (Å²) in [5.41, 5.74) is 2.50. The third kappa shape index (κ3) is 2.40. The van der Waals surface area contributed by atoms with Gasteiger partial charge in [0, 0.05) is 24.6 Å². The fourth-order valence-electron chi connectivity index (χ4n) is 1.71. The van der Waals surface area contributed by atoms with Gasteiger partial charge in [-0.1, -0.05) is 18.2 Å².